The van der Waals surface area contributed by atoms with E-state index in [1.807, 2.05) is 44.2 Å². The van der Waals surface area contributed by atoms with Gasteiger partial charge in [0, 0.05) is 0 Å². The van der Waals surface area contributed by atoms with Crippen molar-refractivity contribution < 1.29 is 14.4 Å². The van der Waals surface area contributed by atoms with E-state index in [9.17, 15) is 5.02 Å². The van der Waals surface area contributed by atoms with Crippen molar-refractivity contribution in [2.75, 3.05) is 0 Å². The van der Waals surface area contributed by atoms with Gasteiger partial charge in [-0.25, -0.2) is 4.85 Å². The predicted molar refractivity (Wildman–Crippen MR) is 81.1 cm³/mol. The first kappa shape index (κ1) is 13.7. The Bertz CT molecular complexity index is 752. The van der Waals surface area contributed by atoms with Crippen LogP contribution in [-0.2, 0) is 11.3 Å². The van der Waals surface area contributed by atoms with Crippen LogP contribution in [0.25, 0.3) is 4.85 Å². The monoisotopic (exact) mass is 279 g/mol. The Morgan fingerprint density at radius 1 is 1.24 bits per heavy atom. The average molecular weight is 279 g/mol. The zero-order valence-corrected chi connectivity index (χ0v) is 11.9. The summed E-state index contributed by atoms with van der Waals surface area (Å²) in [4.78, 5) is 3.48. The second-order valence-electron chi connectivity index (χ2n) is 5.14. The maximum absolute atomic E-state index is 9.61. The quantitative estimate of drug-likeness (QED) is 0.679. The Hall–Kier alpha value is -2.29. The van der Waals surface area contributed by atoms with Crippen LogP contribution >= 0.6 is 0 Å². The lowest BCUT2D eigenvalue weighted by Crippen LogP contribution is -2.27. The normalized spacial score (nSPS) is 13.0. The van der Waals surface area contributed by atoms with E-state index in [1.165, 1.54) is 0 Å². The minimum Gasteiger partial charge on any atom is -0.457 e. The van der Waals surface area contributed by atoms with Crippen molar-refractivity contribution in [2.24, 2.45) is 0 Å². The molecule has 104 valence electrons. The zero-order valence-electron chi connectivity index (χ0n) is 11.9. The van der Waals surface area contributed by atoms with Crippen LogP contribution in [-0.4, -0.2) is 12.1 Å². The van der Waals surface area contributed by atoms with Gasteiger partial charge in [-0.2, -0.15) is 0 Å². The molecule has 1 aliphatic heterocycles. The van der Waals surface area contributed by atoms with Crippen LogP contribution in [0.5, 0.6) is 11.5 Å². The first-order chi connectivity index (χ1) is 10.1. The molecule has 0 amide bonds. The van der Waals surface area contributed by atoms with Crippen molar-refractivity contribution in [1.82, 2.24) is 0 Å². The van der Waals surface area contributed by atoms with Crippen LogP contribution in [0.15, 0.2) is 30.3 Å². The maximum atomic E-state index is 9.61. The van der Waals surface area contributed by atoms with Crippen molar-refractivity contribution in [1.29, 1.82) is 0 Å². The number of nitrogens with zero attached hydrogens (tertiary/aromatic N) is 1. The summed E-state index contributed by atoms with van der Waals surface area (Å²) in [6, 6.07) is 9.22. The fraction of sp³-hybridized carbons (Fsp3) is 0.188. The largest absolute Gasteiger partial charge is 0.491 e. The molecule has 3 rings (SSSR count). The third-order valence-corrected chi connectivity index (χ3v) is 3.62. The molecule has 1 N–H and O–H groups in total. The first-order valence-corrected chi connectivity index (χ1v) is 6.67. The lowest BCUT2D eigenvalue weighted by atomic mass is 9.80. The van der Waals surface area contributed by atoms with Gasteiger partial charge in [0.15, 0.2) is 5.69 Å². The molecule has 21 heavy (non-hydrogen) atoms. The van der Waals surface area contributed by atoms with E-state index < -0.39 is 7.12 Å². The van der Waals surface area contributed by atoms with Crippen molar-refractivity contribution in [3.63, 3.8) is 0 Å². The minimum absolute atomic E-state index is 0.391. The standard InChI is InChI=1S/C16H14BNO3/c1-10-7-16(11(2)6-15(10)18-3)21-13-4-5-14-12(8-13)9-20-17(14)19/h4-8,19H,9H2,1-2H3. The van der Waals surface area contributed by atoms with Gasteiger partial charge >= 0.3 is 7.12 Å². The van der Waals surface area contributed by atoms with E-state index in [0.29, 0.717) is 18.0 Å². The number of benzene rings is 2. The molecule has 0 aromatic heterocycles. The van der Waals surface area contributed by atoms with Crippen molar-refractivity contribution in [2.45, 2.75) is 20.5 Å². The van der Waals surface area contributed by atoms with Gasteiger partial charge in [0.25, 0.3) is 0 Å². The van der Waals surface area contributed by atoms with E-state index in [2.05, 4.69) is 4.85 Å². The highest BCUT2D eigenvalue weighted by Crippen LogP contribution is 2.32. The van der Waals surface area contributed by atoms with Gasteiger partial charge in [0.2, 0.25) is 0 Å². The van der Waals surface area contributed by atoms with Gasteiger partial charge in [-0.3, -0.25) is 0 Å². The van der Waals surface area contributed by atoms with Gasteiger partial charge < -0.3 is 14.4 Å². The molecule has 0 atom stereocenters. The van der Waals surface area contributed by atoms with Gasteiger partial charge in [-0.1, -0.05) is 6.07 Å². The van der Waals surface area contributed by atoms with Crippen LogP contribution in [0.4, 0.5) is 5.69 Å². The molecule has 5 heteroatoms. The fourth-order valence-electron chi connectivity index (χ4n) is 2.40. The summed E-state index contributed by atoms with van der Waals surface area (Å²) in [5.41, 5.74) is 4.19. The average Bonchev–Trinajstić information content (AvgIpc) is 2.83. The Morgan fingerprint density at radius 2 is 2.05 bits per heavy atom. The Balaban J connectivity index is 1.91. The summed E-state index contributed by atoms with van der Waals surface area (Å²) in [7, 11) is -0.837. The second-order valence-corrected chi connectivity index (χ2v) is 5.14. The van der Waals surface area contributed by atoms with Crippen molar-refractivity contribution in [3.05, 3.63) is 58.4 Å². The van der Waals surface area contributed by atoms with Crippen LogP contribution in [0.1, 0.15) is 16.7 Å². The molecule has 2 aromatic carbocycles. The predicted octanol–water partition coefficient (Wildman–Crippen LogP) is 2.86. The Morgan fingerprint density at radius 3 is 2.81 bits per heavy atom. The molecule has 0 radical (unpaired) electrons. The van der Waals surface area contributed by atoms with Crippen LogP contribution in [0, 0.1) is 20.4 Å². The first-order valence-electron chi connectivity index (χ1n) is 6.67. The molecule has 0 fully saturated rings. The fourth-order valence-corrected chi connectivity index (χ4v) is 2.40. The highest BCUT2D eigenvalue weighted by atomic mass is 16.5. The topological polar surface area (TPSA) is 43.0 Å². The molecular formula is C16H14BNO3. The molecule has 4 nitrogen and oxygen atoms in total. The van der Waals surface area contributed by atoms with E-state index in [1.54, 1.807) is 0 Å². The molecule has 0 saturated heterocycles. The summed E-state index contributed by atoms with van der Waals surface area (Å²) in [6.45, 7) is 11.3. The summed E-state index contributed by atoms with van der Waals surface area (Å²) in [5, 5.41) is 9.61. The van der Waals surface area contributed by atoms with Crippen molar-refractivity contribution in [3.8, 4) is 11.5 Å². The highest BCUT2D eigenvalue weighted by molar-refractivity contribution is 6.61. The molecule has 1 heterocycles. The number of rotatable bonds is 2. The summed E-state index contributed by atoms with van der Waals surface area (Å²) >= 11 is 0. The van der Waals surface area contributed by atoms with Crippen LogP contribution in [0.2, 0.25) is 0 Å². The van der Waals surface area contributed by atoms with E-state index in [-0.39, 0.29) is 0 Å². The molecular weight excluding hydrogens is 265 g/mol. The number of fused-ring (bicyclic) bond motifs is 1. The minimum atomic E-state index is -0.837. The number of hydrogen-bond donors (Lipinski definition) is 1. The maximum Gasteiger partial charge on any atom is 0.491 e. The van der Waals surface area contributed by atoms with Crippen LogP contribution < -0.4 is 10.2 Å². The summed E-state index contributed by atoms with van der Waals surface area (Å²) < 4.78 is 11.1. The molecule has 0 bridgehead atoms. The third kappa shape index (κ3) is 2.51. The molecule has 2 aromatic rings. The number of ether oxygens (including phenoxy) is 1. The van der Waals surface area contributed by atoms with Gasteiger partial charge in [-0.15, -0.1) is 0 Å². The zero-order chi connectivity index (χ0) is 15.0. The lowest BCUT2D eigenvalue weighted by molar-refractivity contribution is 0.275. The van der Waals surface area contributed by atoms with E-state index in [0.717, 1.165) is 27.9 Å². The summed E-state index contributed by atoms with van der Waals surface area (Å²) in [6.07, 6.45) is 0. The molecule has 0 unspecified atom stereocenters. The molecule has 1 aliphatic rings. The smallest absolute Gasteiger partial charge is 0.457 e. The Kier molecular flexibility index (Phi) is 3.42. The van der Waals surface area contributed by atoms with Gasteiger partial charge in [0.1, 0.15) is 11.5 Å². The van der Waals surface area contributed by atoms with Gasteiger partial charge in [-0.05, 0) is 60.3 Å². The SMILES string of the molecule is [C-]#[N+]c1cc(C)c(Oc2ccc3c(c2)COB3O)cc1C. The summed E-state index contributed by atoms with van der Waals surface area (Å²) in [5.74, 6) is 1.43. The second kappa shape index (κ2) is 5.25. The molecule has 0 saturated carbocycles. The number of aryl methyl sites for hydroxylation is 2. The molecule has 0 spiro atoms. The number of hydrogen-bond acceptors (Lipinski definition) is 3. The van der Waals surface area contributed by atoms with Gasteiger partial charge in [0.05, 0.1) is 13.2 Å². The third-order valence-electron chi connectivity index (χ3n) is 3.62. The highest BCUT2D eigenvalue weighted by Gasteiger charge is 2.27. The van der Waals surface area contributed by atoms with Crippen molar-refractivity contribution >= 4 is 18.3 Å². The van der Waals surface area contributed by atoms with Crippen LogP contribution in [0.3, 0.4) is 0 Å². The Labute approximate surface area is 123 Å². The van der Waals surface area contributed by atoms with E-state index >= 15 is 0 Å². The van der Waals surface area contributed by atoms with E-state index in [4.69, 9.17) is 16.0 Å². The molecule has 0 aliphatic carbocycles. The lowest BCUT2D eigenvalue weighted by Gasteiger charge is -2.11.